The summed E-state index contributed by atoms with van der Waals surface area (Å²) in [5.41, 5.74) is 8.16. The summed E-state index contributed by atoms with van der Waals surface area (Å²) in [6, 6.07) is 7.29. The number of aromatic nitrogens is 3. The lowest BCUT2D eigenvalue weighted by atomic mass is 9.76. The van der Waals surface area contributed by atoms with Crippen molar-refractivity contribution in [2.75, 3.05) is 74.0 Å². The number of nitrogens with two attached hydrogens (primary N) is 1. The zero-order valence-corrected chi connectivity index (χ0v) is 33.8. The first-order valence-corrected chi connectivity index (χ1v) is 21.5. The van der Waals surface area contributed by atoms with Crippen LogP contribution < -0.4 is 26.2 Å². The lowest BCUT2D eigenvalue weighted by molar-refractivity contribution is -0.140. The van der Waals surface area contributed by atoms with E-state index in [0.717, 1.165) is 107 Å². The summed E-state index contributed by atoms with van der Waals surface area (Å²) in [5.74, 6) is 0.584. The van der Waals surface area contributed by atoms with Crippen molar-refractivity contribution < 1.29 is 24.0 Å². The molecule has 58 heavy (non-hydrogen) atoms. The van der Waals surface area contributed by atoms with Crippen LogP contribution in [0.3, 0.4) is 0 Å². The molecule has 0 bridgehead atoms. The van der Waals surface area contributed by atoms with E-state index in [-0.39, 0.29) is 40.9 Å². The normalized spacial score (nSPS) is 24.2. The van der Waals surface area contributed by atoms with E-state index in [1.165, 1.54) is 16.4 Å². The Bertz CT molecular complexity index is 2120. The number of nitrogens with zero attached hydrogens (tertiary/aromatic N) is 8. The van der Waals surface area contributed by atoms with Crippen LogP contribution in [0.1, 0.15) is 94.7 Å². The summed E-state index contributed by atoms with van der Waals surface area (Å²) < 4.78 is 4.30. The predicted molar refractivity (Wildman–Crippen MR) is 218 cm³/mol. The zero-order chi connectivity index (χ0) is 40.1. The van der Waals surface area contributed by atoms with Crippen LogP contribution in [0.25, 0.3) is 0 Å². The van der Waals surface area contributed by atoms with Gasteiger partial charge in [0.1, 0.15) is 10.8 Å². The van der Waals surface area contributed by atoms with Crippen LogP contribution in [0.15, 0.2) is 30.5 Å². The van der Waals surface area contributed by atoms with Crippen molar-refractivity contribution in [2.24, 2.45) is 17.1 Å². The number of fused-ring (bicyclic) bond motifs is 1. The average molecular weight is 810 g/mol. The summed E-state index contributed by atoms with van der Waals surface area (Å²) in [6.45, 7) is 9.09. The molecule has 2 atom stereocenters. The highest BCUT2D eigenvalue weighted by Gasteiger charge is 2.50. The van der Waals surface area contributed by atoms with Crippen LogP contribution in [-0.4, -0.2) is 130 Å². The summed E-state index contributed by atoms with van der Waals surface area (Å²) in [5, 5.41) is 6.72. The second-order valence-electron chi connectivity index (χ2n) is 17.0. The molecule has 306 valence electrons. The molecule has 16 nitrogen and oxygen atoms in total. The molecule has 2 unspecified atom stereocenters. The van der Waals surface area contributed by atoms with Gasteiger partial charge in [-0.1, -0.05) is 0 Å². The van der Waals surface area contributed by atoms with E-state index in [0.29, 0.717) is 60.5 Å². The van der Waals surface area contributed by atoms with E-state index in [1.54, 1.807) is 12.3 Å². The van der Waals surface area contributed by atoms with Gasteiger partial charge in [-0.15, -0.1) is 0 Å². The number of carbonyl (C=O) groups excluding carboxylic acids is 5. The molecule has 0 saturated carbocycles. The number of hydrogen-bond acceptors (Lipinski definition) is 13. The first-order valence-electron chi connectivity index (χ1n) is 20.7. The lowest BCUT2D eigenvalue weighted by Crippen LogP contribution is -2.52. The molecule has 0 aliphatic carbocycles. The summed E-state index contributed by atoms with van der Waals surface area (Å²) in [6.07, 6.45) is 9.04. The number of piperidine rings is 4. The van der Waals surface area contributed by atoms with Crippen LogP contribution in [-0.2, 0) is 9.59 Å². The summed E-state index contributed by atoms with van der Waals surface area (Å²) in [7, 11) is 0. The van der Waals surface area contributed by atoms with E-state index in [1.807, 2.05) is 25.1 Å². The third-order valence-corrected chi connectivity index (χ3v) is 14.2. The Balaban J connectivity index is 0.762. The maximum atomic E-state index is 14.2. The first kappa shape index (κ1) is 38.4. The highest BCUT2D eigenvalue weighted by molar-refractivity contribution is 7.10. The topological polar surface area (TPSA) is 190 Å². The fraction of sp³-hybridized carbons (Fsp3) is 0.561. The van der Waals surface area contributed by atoms with Gasteiger partial charge < -0.3 is 36.0 Å². The van der Waals surface area contributed by atoms with Gasteiger partial charge in [0.05, 0.1) is 34.5 Å². The van der Waals surface area contributed by atoms with Gasteiger partial charge in [-0.25, -0.2) is 9.97 Å². The van der Waals surface area contributed by atoms with Gasteiger partial charge in [0.15, 0.2) is 11.5 Å². The number of benzene rings is 1. The van der Waals surface area contributed by atoms with E-state index >= 15 is 0 Å². The third-order valence-electron chi connectivity index (χ3n) is 13.4. The fourth-order valence-corrected chi connectivity index (χ4v) is 10.7. The number of hydrogen-bond donors (Lipinski definition) is 3. The minimum absolute atomic E-state index is 0.0434. The minimum Gasteiger partial charge on any atom is -0.371 e. The number of rotatable bonds is 9. The quantitative estimate of drug-likeness (QED) is 0.268. The number of likely N-dealkylation sites (tertiary alicyclic amines) is 2. The molecule has 17 heteroatoms. The minimum atomic E-state index is -0.656. The van der Waals surface area contributed by atoms with Crippen molar-refractivity contribution >= 4 is 63.4 Å². The number of aryl methyl sites for hydroxylation is 1. The second-order valence-corrected chi connectivity index (χ2v) is 17.8. The van der Waals surface area contributed by atoms with Gasteiger partial charge in [-0.2, -0.15) is 4.37 Å². The largest absolute Gasteiger partial charge is 0.371 e. The molecule has 8 heterocycles. The number of carbonyl (C=O) groups is 5. The van der Waals surface area contributed by atoms with Gasteiger partial charge in [0, 0.05) is 64.0 Å². The SMILES string of the molecule is Cc1cc(Nc2nc(N3CCCC(N4CCC5(CCN(CC6CCN(c7ccc8c(c7)C(=O)N(C7CCC(=O)NC7)C8=O)CC6)CC5)C4=O)C3)cnc2C(N)=O)sn1. The monoisotopic (exact) mass is 809 g/mol. The van der Waals surface area contributed by atoms with Gasteiger partial charge in [0.25, 0.3) is 17.7 Å². The van der Waals surface area contributed by atoms with Crippen LogP contribution in [0.5, 0.6) is 0 Å². The Morgan fingerprint density at radius 2 is 1.71 bits per heavy atom. The molecule has 5 amide bonds. The van der Waals surface area contributed by atoms with E-state index in [2.05, 4.69) is 39.6 Å². The van der Waals surface area contributed by atoms with E-state index in [4.69, 9.17) is 10.7 Å². The summed E-state index contributed by atoms with van der Waals surface area (Å²) in [4.78, 5) is 84.3. The smallest absolute Gasteiger partial charge is 0.271 e. The van der Waals surface area contributed by atoms with Crippen molar-refractivity contribution in [1.29, 1.82) is 0 Å². The van der Waals surface area contributed by atoms with Gasteiger partial charge >= 0.3 is 0 Å². The van der Waals surface area contributed by atoms with Gasteiger partial charge in [-0.3, -0.25) is 28.9 Å². The molecule has 5 saturated heterocycles. The number of imide groups is 1. The first-order chi connectivity index (χ1) is 28.0. The van der Waals surface area contributed by atoms with Gasteiger partial charge in [-0.05, 0) is 113 Å². The number of amides is 5. The van der Waals surface area contributed by atoms with Crippen molar-refractivity contribution in [3.63, 3.8) is 0 Å². The van der Waals surface area contributed by atoms with E-state index in [9.17, 15) is 24.0 Å². The molecule has 1 aromatic carbocycles. The van der Waals surface area contributed by atoms with Crippen LogP contribution in [0.2, 0.25) is 0 Å². The number of anilines is 4. The Morgan fingerprint density at radius 1 is 0.931 bits per heavy atom. The molecule has 0 radical (unpaired) electrons. The molecular weight excluding hydrogens is 759 g/mol. The van der Waals surface area contributed by atoms with Crippen LogP contribution >= 0.6 is 11.5 Å². The standard InChI is InChI=1S/C41H51N11O5S/c1-25-19-34(58-47-25)46-37-35(36(42)54)44-22-32(45-37)50-13-2-3-29(24-50)51-18-12-41(40(51)57)10-16-48(17-11-41)23-26-8-14-49(15-9-26)27-4-6-30-31(20-27)39(56)52(38(30)55)28-5-7-33(53)43-21-28/h4,6,19-20,22,26,28-29H,2-3,5,7-18,21,23-24H2,1H3,(H2,42,54)(H,43,53)(H,45,46). The highest BCUT2D eigenvalue weighted by atomic mass is 32.1. The molecule has 1 spiro atoms. The Labute approximate surface area is 341 Å². The predicted octanol–water partition coefficient (Wildman–Crippen LogP) is 3.16. The Morgan fingerprint density at radius 3 is 2.43 bits per heavy atom. The van der Waals surface area contributed by atoms with Crippen molar-refractivity contribution in [3.8, 4) is 0 Å². The molecule has 4 N–H and O–H groups in total. The molecule has 9 rings (SSSR count). The van der Waals surface area contributed by atoms with Crippen molar-refractivity contribution in [3.05, 3.63) is 53.0 Å². The molecule has 2 aromatic heterocycles. The lowest BCUT2D eigenvalue weighted by Gasteiger charge is -2.42. The maximum absolute atomic E-state index is 14.2. The molecule has 5 fully saturated rings. The van der Waals surface area contributed by atoms with Crippen LogP contribution in [0, 0.1) is 18.3 Å². The summed E-state index contributed by atoms with van der Waals surface area (Å²) >= 11 is 1.28. The number of nitrogens with one attached hydrogen (secondary N) is 2. The Hall–Kier alpha value is -5.16. The highest BCUT2D eigenvalue weighted by Crippen LogP contribution is 2.44. The molecule has 3 aromatic rings. The Kier molecular flexibility index (Phi) is 10.3. The molecular formula is C41H51N11O5S. The molecule has 6 aliphatic heterocycles. The van der Waals surface area contributed by atoms with Crippen molar-refractivity contribution in [1.82, 2.24) is 34.4 Å². The second kappa shape index (κ2) is 15.5. The average Bonchev–Trinajstić information content (AvgIpc) is 3.87. The van der Waals surface area contributed by atoms with E-state index < -0.39 is 5.91 Å². The van der Waals surface area contributed by atoms with Crippen molar-refractivity contribution in [2.45, 2.75) is 76.8 Å². The third kappa shape index (κ3) is 7.27. The van der Waals surface area contributed by atoms with Crippen LogP contribution in [0.4, 0.5) is 22.3 Å². The maximum Gasteiger partial charge on any atom is 0.271 e. The fourth-order valence-electron chi connectivity index (χ4n) is 10.0. The molecule has 6 aliphatic rings. The zero-order valence-electron chi connectivity index (χ0n) is 33.0. The number of primary amides is 1. The van der Waals surface area contributed by atoms with Gasteiger partial charge in [0.2, 0.25) is 11.8 Å².